The maximum atomic E-state index is 13.2. The molecule has 1 aromatic heterocycles. The molecule has 1 fully saturated rings. The molecule has 0 aliphatic heterocycles. The zero-order valence-corrected chi connectivity index (χ0v) is 12.1. The van der Waals surface area contributed by atoms with Crippen molar-refractivity contribution in [2.45, 2.75) is 45.6 Å². The minimum absolute atomic E-state index is 0.231. The van der Waals surface area contributed by atoms with Gasteiger partial charge in [-0.2, -0.15) is 0 Å². The minimum Gasteiger partial charge on any atom is -0.353 e. The van der Waals surface area contributed by atoms with Gasteiger partial charge in [-0.15, -0.1) is 0 Å². The molecule has 4 heteroatoms. The largest absolute Gasteiger partial charge is 0.353 e. The first-order valence-electron chi connectivity index (χ1n) is 7.55. The molecule has 20 heavy (non-hydrogen) atoms. The van der Waals surface area contributed by atoms with Crippen LogP contribution in [0.5, 0.6) is 0 Å². The summed E-state index contributed by atoms with van der Waals surface area (Å²) >= 11 is 0. The molecule has 0 spiro atoms. The van der Waals surface area contributed by atoms with Crippen LogP contribution in [0.1, 0.15) is 39.5 Å². The summed E-state index contributed by atoms with van der Waals surface area (Å²) in [4.78, 5) is 7.69. The van der Waals surface area contributed by atoms with Crippen LogP contribution in [-0.4, -0.2) is 16.0 Å². The van der Waals surface area contributed by atoms with E-state index in [1.54, 1.807) is 6.07 Å². The second-order valence-electron chi connectivity index (χ2n) is 6.19. The zero-order chi connectivity index (χ0) is 14.1. The highest BCUT2D eigenvalue weighted by atomic mass is 19.1. The Morgan fingerprint density at radius 1 is 1.30 bits per heavy atom. The number of imidazole rings is 1. The average molecular weight is 275 g/mol. The van der Waals surface area contributed by atoms with Crippen molar-refractivity contribution >= 4 is 17.0 Å². The van der Waals surface area contributed by atoms with Crippen molar-refractivity contribution < 1.29 is 4.39 Å². The second-order valence-corrected chi connectivity index (χ2v) is 6.19. The predicted octanol–water partition coefficient (Wildman–Crippen LogP) is 4.33. The smallest absolute Gasteiger partial charge is 0.201 e. The standard InChI is InChI=1S/C16H22FN3/c1-10(2)12-5-3-4-6-13(12)18-16-19-14-8-7-11(17)9-15(14)20-16/h7-10,12-13H,3-6H2,1-2H3,(H2,18,19,20). The highest BCUT2D eigenvalue weighted by Gasteiger charge is 2.27. The van der Waals surface area contributed by atoms with E-state index in [1.165, 1.54) is 37.8 Å². The van der Waals surface area contributed by atoms with E-state index >= 15 is 0 Å². The maximum Gasteiger partial charge on any atom is 0.201 e. The molecular weight excluding hydrogens is 253 g/mol. The summed E-state index contributed by atoms with van der Waals surface area (Å²) in [5.41, 5.74) is 1.57. The van der Waals surface area contributed by atoms with Gasteiger partial charge in [0.2, 0.25) is 5.95 Å². The van der Waals surface area contributed by atoms with Crippen LogP contribution < -0.4 is 5.32 Å². The summed E-state index contributed by atoms with van der Waals surface area (Å²) in [6, 6.07) is 5.13. The Labute approximate surface area is 119 Å². The summed E-state index contributed by atoms with van der Waals surface area (Å²) in [7, 11) is 0. The third-order valence-corrected chi connectivity index (χ3v) is 4.44. The molecule has 1 heterocycles. The SMILES string of the molecule is CC(C)C1CCCCC1Nc1nc2ccc(F)cc2[nH]1. The molecule has 1 saturated carbocycles. The average Bonchev–Trinajstić information content (AvgIpc) is 2.80. The lowest BCUT2D eigenvalue weighted by atomic mass is 9.78. The maximum absolute atomic E-state index is 13.2. The molecule has 0 saturated heterocycles. The Bertz CT molecular complexity index is 590. The number of aromatic amines is 1. The van der Waals surface area contributed by atoms with E-state index in [4.69, 9.17) is 0 Å². The van der Waals surface area contributed by atoms with E-state index < -0.39 is 0 Å². The number of hydrogen-bond acceptors (Lipinski definition) is 2. The van der Waals surface area contributed by atoms with Crippen LogP contribution in [0.15, 0.2) is 18.2 Å². The first kappa shape index (κ1) is 13.4. The van der Waals surface area contributed by atoms with Gasteiger partial charge in [-0.05, 0) is 42.9 Å². The van der Waals surface area contributed by atoms with Crippen molar-refractivity contribution in [1.82, 2.24) is 9.97 Å². The van der Waals surface area contributed by atoms with Gasteiger partial charge < -0.3 is 10.3 Å². The topological polar surface area (TPSA) is 40.7 Å². The van der Waals surface area contributed by atoms with Crippen LogP contribution in [-0.2, 0) is 0 Å². The number of H-pyrrole nitrogens is 1. The Balaban J connectivity index is 1.80. The molecule has 3 rings (SSSR count). The summed E-state index contributed by atoms with van der Waals surface area (Å²) in [6.45, 7) is 4.58. The number of benzene rings is 1. The predicted molar refractivity (Wildman–Crippen MR) is 80.3 cm³/mol. The fourth-order valence-corrected chi connectivity index (χ4v) is 3.36. The number of halogens is 1. The van der Waals surface area contributed by atoms with Crippen LogP contribution in [0, 0.1) is 17.7 Å². The minimum atomic E-state index is -0.231. The van der Waals surface area contributed by atoms with Crippen molar-refractivity contribution in [2.75, 3.05) is 5.32 Å². The highest BCUT2D eigenvalue weighted by molar-refractivity contribution is 5.77. The summed E-state index contributed by atoms with van der Waals surface area (Å²) in [5, 5.41) is 3.53. The van der Waals surface area contributed by atoms with Crippen molar-refractivity contribution in [3.05, 3.63) is 24.0 Å². The van der Waals surface area contributed by atoms with Crippen molar-refractivity contribution in [3.8, 4) is 0 Å². The fraction of sp³-hybridized carbons (Fsp3) is 0.562. The summed E-state index contributed by atoms with van der Waals surface area (Å²) < 4.78 is 13.2. The lowest BCUT2D eigenvalue weighted by molar-refractivity contribution is 0.253. The molecule has 3 nitrogen and oxygen atoms in total. The Hall–Kier alpha value is -1.58. The third kappa shape index (κ3) is 2.65. The first-order chi connectivity index (χ1) is 9.63. The number of anilines is 1. The lowest BCUT2D eigenvalue weighted by Crippen LogP contribution is -2.35. The molecule has 0 bridgehead atoms. The summed E-state index contributed by atoms with van der Waals surface area (Å²) in [5.74, 6) is 1.90. The molecule has 2 unspecified atom stereocenters. The van der Waals surface area contributed by atoms with E-state index in [0.717, 1.165) is 17.0 Å². The number of fused-ring (bicyclic) bond motifs is 1. The lowest BCUT2D eigenvalue weighted by Gasteiger charge is -2.34. The van der Waals surface area contributed by atoms with Gasteiger partial charge in [-0.3, -0.25) is 0 Å². The normalized spacial score (nSPS) is 23.4. The van der Waals surface area contributed by atoms with Gasteiger partial charge in [-0.25, -0.2) is 9.37 Å². The third-order valence-electron chi connectivity index (χ3n) is 4.44. The molecule has 2 aromatic rings. The molecule has 0 radical (unpaired) electrons. The van der Waals surface area contributed by atoms with Crippen LogP contribution >= 0.6 is 0 Å². The molecule has 1 aliphatic carbocycles. The van der Waals surface area contributed by atoms with Gasteiger partial charge in [-0.1, -0.05) is 26.7 Å². The molecule has 0 amide bonds. The molecule has 1 aromatic carbocycles. The Morgan fingerprint density at radius 3 is 2.90 bits per heavy atom. The van der Waals surface area contributed by atoms with E-state index in [1.807, 2.05) is 0 Å². The molecule has 1 aliphatic rings. The van der Waals surface area contributed by atoms with Gasteiger partial charge in [0.1, 0.15) is 5.82 Å². The molecular formula is C16H22FN3. The van der Waals surface area contributed by atoms with Crippen LogP contribution in [0.4, 0.5) is 10.3 Å². The Kier molecular flexibility index (Phi) is 3.64. The van der Waals surface area contributed by atoms with Crippen LogP contribution in [0.2, 0.25) is 0 Å². The van der Waals surface area contributed by atoms with Crippen molar-refractivity contribution in [1.29, 1.82) is 0 Å². The number of nitrogens with zero attached hydrogens (tertiary/aromatic N) is 1. The molecule has 2 atom stereocenters. The van der Waals surface area contributed by atoms with Gasteiger partial charge >= 0.3 is 0 Å². The first-order valence-corrected chi connectivity index (χ1v) is 7.55. The van der Waals surface area contributed by atoms with E-state index in [2.05, 4.69) is 29.1 Å². The monoisotopic (exact) mass is 275 g/mol. The number of nitrogens with one attached hydrogen (secondary N) is 2. The molecule has 108 valence electrons. The van der Waals surface area contributed by atoms with E-state index in [9.17, 15) is 4.39 Å². The number of rotatable bonds is 3. The fourth-order valence-electron chi connectivity index (χ4n) is 3.36. The van der Waals surface area contributed by atoms with E-state index in [0.29, 0.717) is 17.9 Å². The van der Waals surface area contributed by atoms with Crippen LogP contribution in [0.25, 0.3) is 11.0 Å². The van der Waals surface area contributed by atoms with Gasteiger partial charge in [0.25, 0.3) is 0 Å². The van der Waals surface area contributed by atoms with Crippen LogP contribution in [0.3, 0.4) is 0 Å². The summed E-state index contributed by atoms with van der Waals surface area (Å²) in [6.07, 6.45) is 5.07. The van der Waals surface area contributed by atoms with Gasteiger partial charge in [0.15, 0.2) is 0 Å². The van der Waals surface area contributed by atoms with Crippen molar-refractivity contribution in [2.24, 2.45) is 11.8 Å². The van der Waals surface area contributed by atoms with Crippen molar-refractivity contribution in [3.63, 3.8) is 0 Å². The molecule has 2 N–H and O–H groups in total. The highest BCUT2D eigenvalue weighted by Crippen LogP contribution is 2.32. The second kappa shape index (κ2) is 5.43. The quantitative estimate of drug-likeness (QED) is 0.875. The van der Waals surface area contributed by atoms with E-state index in [-0.39, 0.29) is 5.82 Å². The van der Waals surface area contributed by atoms with Gasteiger partial charge in [0.05, 0.1) is 11.0 Å². The Morgan fingerprint density at radius 2 is 2.10 bits per heavy atom. The zero-order valence-electron chi connectivity index (χ0n) is 12.1. The van der Waals surface area contributed by atoms with Gasteiger partial charge in [0, 0.05) is 6.04 Å². The number of aromatic nitrogens is 2. The number of hydrogen-bond donors (Lipinski definition) is 2.